The predicted molar refractivity (Wildman–Crippen MR) is 115 cm³/mol. The molecule has 0 radical (unpaired) electrons. The Morgan fingerprint density at radius 3 is 2.17 bits per heavy atom. The van der Waals surface area contributed by atoms with Gasteiger partial charge in [-0.1, -0.05) is 31.2 Å². The van der Waals surface area contributed by atoms with Crippen LogP contribution >= 0.6 is 0 Å². The van der Waals surface area contributed by atoms with Gasteiger partial charge in [0.2, 0.25) is 0 Å². The van der Waals surface area contributed by atoms with E-state index in [1.807, 2.05) is 31.2 Å². The van der Waals surface area contributed by atoms with Crippen LogP contribution in [0.15, 0.2) is 77.9 Å². The summed E-state index contributed by atoms with van der Waals surface area (Å²) in [6.45, 7) is 1.77. The van der Waals surface area contributed by atoms with Crippen LogP contribution in [0.25, 0.3) is 11.1 Å². The van der Waals surface area contributed by atoms with Gasteiger partial charge in [-0.3, -0.25) is 4.79 Å². The van der Waals surface area contributed by atoms with Crippen molar-refractivity contribution in [3.8, 4) is 28.7 Å². The van der Waals surface area contributed by atoms with Crippen molar-refractivity contribution in [1.29, 1.82) is 5.26 Å². The number of aromatic hydroxyl groups is 1. The molecular formula is C24H21N3O3. The summed E-state index contributed by atoms with van der Waals surface area (Å²) in [5.74, 6) is 0.383. The second-order valence-electron chi connectivity index (χ2n) is 6.50. The number of hydrogen-bond donors (Lipinski definition) is 2. The van der Waals surface area contributed by atoms with Gasteiger partial charge in [-0.05, 0) is 71.6 Å². The monoisotopic (exact) mass is 399 g/mol. The number of rotatable bonds is 7. The minimum Gasteiger partial charge on any atom is -0.508 e. The first kappa shape index (κ1) is 20.6. The largest absolute Gasteiger partial charge is 0.508 e. The van der Waals surface area contributed by atoms with E-state index in [0.29, 0.717) is 23.4 Å². The zero-order chi connectivity index (χ0) is 21.3. The predicted octanol–water partition coefficient (Wildman–Crippen LogP) is 4.24. The molecule has 30 heavy (non-hydrogen) atoms. The van der Waals surface area contributed by atoms with Gasteiger partial charge in [0.05, 0.1) is 17.3 Å². The lowest BCUT2D eigenvalue weighted by Gasteiger charge is -2.08. The average molecular weight is 399 g/mol. The molecule has 3 aromatic rings. The summed E-state index contributed by atoms with van der Waals surface area (Å²) in [6, 6.07) is 23.4. The van der Waals surface area contributed by atoms with Crippen LogP contribution in [0.1, 0.15) is 24.5 Å². The summed E-state index contributed by atoms with van der Waals surface area (Å²) in [7, 11) is 0. The van der Waals surface area contributed by atoms with Crippen LogP contribution in [0.3, 0.4) is 0 Å². The number of phenolic OH excluding ortho intramolecular Hbond substituents is 1. The molecule has 0 atom stereocenters. The minimum atomic E-state index is -0.365. The number of ether oxygens (including phenoxy) is 1. The third-order valence-corrected chi connectivity index (χ3v) is 4.42. The second-order valence-corrected chi connectivity index (χ2v) is 6.50. The number of carbonyl (C=O) groups is 1. The zero-order valence-electron chi connectivity index (χ0n) is 16.5. The number of amides is 1. The maximum atomic E-state index is 12.1. The molecule has 0 saturated carbocycles. The normalized spacial score (nSPS) is 10.9. The minimum absolute atomic E-state index is 0.160. The lowest BCUT2D eigenvalue weighted by atomic mass is 10.0. The van der Waals surface area contributed by atoms with Crippen molar-refractivity contribution in [1.82, 2.24) is 5.43 Å². The van der Waals surface area contributed by atoms with Crippen LogP contribution in [0.5, 0.6) is 11.5 Å². The average Bonchev–Trinajstić information content (AvgIpc) is 2.79. The molecule has 3 aromatic carbocycles. The Kier molecular flexibility index (Phi) is 6.80. The summed E-state index contributed by atoms with van der Waals surface area (Å²) in [4.78, 5) is 12.1. The fraction of sp³-hybridized carbons (Fsp3) is 0.125. The van der Waals surface area contributed by atoms with Gasteiger partial charge in [-0.15, -0.1) is 0 Å². The van der Waals surface area contributed by atoms with Gasteiger partial charge in [0.1, 0.15) is 11.5 Å². The Hall–Kier alpha value is -4.11. The van der Waals surface area contributed by atoms with E-state index in [9.17, 15) is 9.90 Å². The van der Waals surface area contributed by atoms with Gasteiger partial charge >= 0.3 is 0 Å². The van der Waals surface area contributed by atoms with Gasteiger partial charge < -0.3 is 9.84 Å². The van der Waals surface area contributed by atoms with E-state index in [0.717, 1.165) is 16.7 Å². The third-order valence-electron chi connectivity index (χ3n) is 4.42. The summed E-state index contributed by atoms with van der Waals surface area (Å²) in [5, 5.41) is 22.4. The zero-order valence-corrected chi connectivity index (χ0v) is 16.5. The first-order chi connectivity index (χ1) is 14.6. The molecule has 6 heteroatoms. The molecule has 0 aliphatic heterocycles. The number of hydrogen-bond acceptors (Lipinski definition) is 5. The number of benzene rings is 3. The van der Waals surface area contributed by atoms with Crippen LogP contribution in [0.2, 0.25) is 0 Å². The van der Waals surface area contributed by atoms with Crippen LogP contribution in [-0.4, -0.2) is 23.3 Å². The Bertz CT molecular complexity index is 1060. The molecule has 0 heterocycles. The van der Waals surface area contributed by atoms with Gasteiger partial charge in [-0.2, -0.15) is 10.4 Å². The molecule has 0 unspecified atom stereocenters. The summed E-state index contributed by atoms with van der Waals surface area (Å²) in [5.41, 5.74) is 6.63. The number of nitrogens with zero attached hydrogens (tertiary/aromatic N) is 2. The molecule has 0 aromatic heterocycles. The SMILES string of the molecule is CC/C(=N\NC(=O)COc1ccc(-c2ccc(C#N)cc2)cc1)c1ccc(O)cc1. The summed E-state index contributed by atoms with van der Waals surface area (Å²) >= 11 is 0. The van der Waals surface area contributed by atoms with Crippen molar-refractivity contribution in [2.75, 3.05) is 6.61 Å². The number of nitriles is 1. The standard InChI is InChI=1S/C24H21N3O3/c1-2-23(20-7-11-21(28)12-8-20)26-27-24(29)16-30-22-13-9-19(10-14-22)18-5-3-17(15-25)4-6-18/h3-14,28H,2,16H2,1H3,(H,27,29)/b26-23+. The fourth-order valence-corrected chi connectivity index (χ4v) is 2.79. The van der Waals surface area contributed by atoms with Gasteiger partial charge in [0.25, 0.3) is 5.91 Å². The molecule has 150 valence electrons. The number of hydrazone groups is 1. The van der Waals surface area contributed by atoms with E-state index in [4.69, 9.17) is 10.00 Å². The van der Waals surface area contributed by atoms with Crippen molar-refractivity contribution in [2.24, 2.45) is 5.10 Å². The van der Waals surface area contributed by atoms with Gasteiger partial charge in [0, 0.05) is 0 Å². The molecule has 0 aliphatic carbocycles. The van der Waals surface area contributed by atoms with E-state index in [2.05, 4.69) is 16.6 Å². The quantitative estimate of drug-likeness (QED) is 0.459. The van der Waals surface area contributed by atoms with Gasteiger partial charge in [0.15, 0.2) is 6.61 Å². The molecule has 2 N–H and O–H groups in total. The van der Waals surface area contributed by atoms with Crippen LogP contribution in [-0.2, 0) is 4.79 Å². The Morgan fingerprint density at radius 2 is 1.60 bits per heavy atom. The van der Waals surface area contributed by atoms with Crippen LogP contribution in [0, 0.1) is 11.3 Å². The molecule has 0 spiro atoms. The van der Waals surface area contributed by atoms with E-state index < -0.39 is 0 Å². The molecular weight excluding hydrogens is 378 g/mol. The maximum Gasteiger partial charge on any atom is 0.277 e. The Balaban J connectivity index is 1.55. The van der Waals surface area contributed by atoms with Gasteiger partial charge in [-0.25, -0.2) is 5.43 Å². The first-order valence-electron chi connectivity index (χ1n) is 9.47. The van der Waals surface area contributed by atoms with Crippen molar-refractivity contribution in [3.63, 3.8) is 0 Å². The molecule has 6 nitrogen and oxygen atoms in total. The second kappa shape index (κ2) is 9.89. The summed E-state index contributed by atoms with van der Waals surface area (Å²) in [6.07, 6.45) is 0.628. The van der Waals surface area contributed by atoms with E-state index in [-0.39, 0.29) is 18.3 Å². The number of nitrogens with one attached hydrogen (secondary N) is 1. The van der Waals surface area contributed by atoms with Crippen LogP contribution in [0.4, 0.5) is 0 Å². The molecule has 0 bridgehead atoms. The van der Waals surface area contributed by atoms with E-state index in [1.165, 1.54) is 0 Å². The van der Waals surface area contributed by atoms with E-state index in [1.54, 1.807) is 48.5 Å². The van der Waals surface area contributed by atoms with Crippen molar-refractivity contribution in [3.05, 3.63) is 83.9 Å². The lowest BCUT2D eigenvalue weighted by molar-refractivity contribution is -0.123. The molecule has 1 amide bonds. The highest BCUT2D eigenvalue weighted by Gasteiger charge is 2.06. The molecule has 3 rings (SSSR count). The first-order valence-corrected chi connectivity index (χ1v) is 9.47. The highest BCUT2D eigenvalue weighted by molar-refractivity contribution is 6.01. The topological polar surface area (TPSA) is 94.7 Å². The third kappa shape index (κ3) is 5.46. The van der Waals surface area contributed by atoms with E-state index >= 15 is 0 Å². The number of carbonyl (C=O) groups excluding carboxylic acids is 1. The maximum absolute atomic E-state index is 12.1. The highest BCUT2D eigenvalue weighted by atomic mass is 16.5. The van der Waals surface area contributed by atoms with Crippen LogP contribution < -0.4 is 10.2 Å². The van der Waals surface area contributed by atoms with Crippen molar-refractivity contribution >= 4 is 11.6 Å². The molecule has 0 aliphatic rings. The summed E-state index contributed by atoms with van der Waals surface area (Å²) < 4.78 is 5.53. The highest BCUT2D eigenvalue weighted by Crippen LogP contribution is 2.22. The Morgan fingerprint density at radius 1 is 1.00 bits per heavy atom. The molecule has 0 saturated heterocycles. The van der Waals surface area contributed by atoms with Crippen molar-refractivity contribution in [2.45, 2.75) is 13.3 Å². The number of phenols is 1. The lowest BCUT2D eigenvalue weighted by Crippen LogP contribution is -2.26. The molecule has 0 fully saturated rings. The Labute approximate surface area is 175 Å². The van der Waals surface area contributed by atoms with Crippen molar-refractivity contribution < 1.29 is 14.6 Å². The smallest absolute Gasteiger partial charge is 0.277 e. The fourth-order valence-electron chi connectivity index (χ4n) is 2.79.